The second-order valence-electron chi connectivity index (χ2n) is 23.7. The first-order valence-electron chi connectivity index (χ1n) is 33.5. The van der Waals surface area contributed by atoms with E-state index in [1.165, 1.54) is 0 Å². The van der Waals surface area contributed by atoms with Crippen molar-refractivity contribution >= 4 is 58.7 Å². The summed E-state index contributed by atoms with van der Waals surface area (Å²) in [4.78, 5) is 125. The van der Waals surface area contributed by atoms with Gasteiger partial charge in [0.15, 0.2) is 5.78 Å². The van der Waals surface area contributed by atoms with Crippen LogP contribution < -0.4 is 37.2 Å². The number of carbonyl (C=O) groups is 10. The molecular formula is C62H113N7O30. The van der Waals surface area contributed by atoms with Crippen molar-refractivity contribution in [3.8, 4) is 0 Å². The van der Waals surface area contributed by atoms with Gasteiger partial charge in [-0.25, -0.2) is 0 Å². The molecule has 0 aromatic carbocycles. The zero-order chi connectivity index (χ0) is 74.9. The van der Waals surface area contributed by atoms with Crippen LogP contribution in [0.3, 0.4) is 0 Å². The van der Waals surface area contributed by atoms with Crippen molar-refractivity contribution in [1.29, 1.82) is 0 Å². The number of rotatable bonds is 66. The Morgan fingerprint density at radius 2 is 0.758 bits per heavy atom. The molecule has 0 aliphatic heterocycles. The molecule has 0 saturated heterocycles. The van der Waals surface area contributed by atoms with Crippen molar-refractivity contribution in [3.63, 3.8) is 0 Å². The maximum atomic E-state index is 13.1. The van der Waals surface area contributed by atoms with E-state index in [1.807, 2.05) is 20.8 Å². The molecule has 17 N–H and O–H groups in total. The first-order chi connectivity index (χ1) is 47.6. The third-order valence-corrected chi connectivity index (χ3v) is 13.8. The maximum absolute atomic E-state index is 13.1. The molecule has 576 valence electrons. The van der Waals surface area contributed by atoms with Crippen LogP contribution in [0.2, 0.25) is 0 Å². The molecule has 2 unspecified atom stereocenters. The maximum Gasteiger partial charge on any atom is 0.239 e. The summed E-state index contributed by atoms with van der Waals surface area (Å²) in [7, 11) is -0.451. The van der Waals surface area contributed by atoms with Crippen molar-refractivity contribution in [1.82, 2.24) is 37.2 Å². The fraction of sp³-hybridized carbons (Fsp3) is 0.839. The highest BCUT2D eigenvalue weighted by atomic mass is 16.6. The Hall–Kier alpha value is -5.50. The molecule has 0 bridgehead atoms. The second kappa shape index (κ2) is 59.1. The van der Waals surface area contributed by atoms with Crippen LogP contribution in [-0.4, -0.2) is 350 Å². The molecule has 99 heavy (non-hydrogen) atoms. The first-order valence-corrected chi connectivity index (χ1v) is 32.8. The molecular weight excluding hydrogens is 1320 g/mol. The summed E-state index contributed by atoms with van der Waals surface area (Å²) in [6.45, 7) is 6.23. The van der Waals surface area contributed by atoms with Gasteiger partial charge in [0.25, 0.3) is 0 Å². The van der Waals surface area contributed by atoms with E-state index in [9.17, 15) is 88.8 Å². The summed E-state index contributed by atoms with van der Waals surface area (Å²) in [6.07, 6.45) is -16.5. The molecule has 7 amide bonds. The van der Waals surface area contributed by atoms with E-state index in [-0.39, 0.29) is 148 Å². The van der Waals surface area contributed by atoms with Gasteiger partial charge in [0.1, 0.15) is 48.2 Å². The van der Waals surface area contributed by atoms with Gasteiger partial charge in [0, 0.05) is 77.6 Å². The molecule has 0 aromatic rings. The van der Waals surface area contributed by atoms with E-state index in [4.69, 9.17) is 59.0 Å². The molecule has 37 heteroatoms. The molecule has 0 aromatic heterocycles. The van der Waals surface area contributed by atoms with Gasteiger partial charge in [0.2, 0.25) is 41.4 Å². The molecule has 0 rings (SSSR count). The summed E-state index contributed by atoms with van der Waals surface area (Å²) in [6, 6.07) is 0. The lowest BCUT2D eigenvalue weighted by Gasteiger charge is -2.26. The van der Waals surface area contributed by atoms with E-state index in [2.05, 4.69) is 37.2 Å². The van der Waals surface area contributed by atoms with Crippen LogP contribution in [0, 0.1) is 17.3 Å². The van der Waals surface area contributed by atoms with Crippen molar-refractivity contribution in [2.45, 2.75) is 127 Å². The van der Waals surface area contributed by atoms with Gasteiger partial charge in [-0.3, -0.25) is 47.9 Å². The third kappa shape index (κ3) is 52.2. The van der Waals surface area contributed by atoms with Crippen molar-refractivity contribution < 1.29 is 148 Å². The minimum Gasteiger partial charge on any atom is -0.394 e. The fourth-order valence-corrected chi connectivity index (χ4v) is 8.13. The minimum atomic E-state index is -1.97. The number of ether oxygens (including phenoxy) is 10. The number of aliphatic hydroxyl groups is 10. The molecule has 10 atom stereocenters. The Balaban J connectivity index is 4.13. The Kier molecular flexibility index (Phi) is 54.6. The van der Waals surface area contributed by atoms with Gasteiger partial charge in [-0.2, -0.15) is 0 Å². The van der Waals surface area contributed by atoms with Crippen LogP contribution in [0.15, 0.2) is 0 Å². The predicted octanol–water partition coefficient (Wildman–Crippen LogP) is -8.04. The number of ketones is 3. The highest BCUT2D eigenvalue weighted by Gasteiger charge is 2.33. The van der Waals surface area contributed by atoms with Gasteiger partial charge < -0.3 is 136 Å². The standard InChI is InChI=1S/C62H113N7O30/c1-62(2,3)41-99-15-11-52(80)63-12-9-51(79)66-35-54(82)68-37-55(83)67-36-53(81)65-33-46(74)32-43(40-90-4)61(89)64-13-16-92-18-20-94-22-24-96-26-28-98-30-29-97-27-25-95-23-21-93-19-17-91-14-10-45(73)31-42(60(88)69-34-48(76)57(85)59(87)50(78)39-71)5-6-44(72)7-8-47(75)56(84)58(86)49(77)38-70/h42-43,47-50,56-59,70-71,75-78,84-87H,5-41H2,1-4H3,(H,63,80)(H,64,89)(H,65,81)(H,66,79)(H,67,83)(H,68,82)(H,69,88)/t42?,43?,47-,48-,49+,50+,56+,57+,58+,59+/m0/s1/i4D. The largest absolute Gasteiger partial charge is 0.394 e. The number of carbonyl (C=O) groups excluding carboxylic acids is 10. The summed E-state index contributed by atoms with van der Waals surface area (Å²) in [5.74, 6) is -7.74. The van der Waals surface area contributed by atoms with Gasteiger partial charge >= 0.3 is 0 Å². The fourth-order valence-electron chi connectivity index (χ4n) is 8.13. The number of aliphatic hydroxyl groups excluding tert-OH is 10. The highest BCUT2D eigenvalue weighted by Crippen LogP contribution is 2.18. The van der Waals surface area contributed by atoms with E-state index >= 15 is 0 Å². The molecule has 0 aliphatic rings. The van der Waals surface area contributed by atoms with E-state index in [0.29, 0.717) is 59.5 Å². The Morgan fingerprint density at radius 3 is 1.23 bits per heavy atom. The van der Waals surface area contributed by atoms with E-state index in [1.54, 1.807) is 0 Å². The normalized spacial score (nSPS) is 14.8. The van der Waals surface area contributed by atoms with Crippen LogP contribution in [0.5, 0.6) is 0 Å². The monoisotopic (exact) mass is 1440 g/mol. The number of nitrogens with one attached hydrogen (secondary N) is 7. The Morgan fingerprint density at radius 1 is 0.364 bits per heavy atom. The second-order valence-corrected chi connectivity index (χ2v) is 23.7. The molecule has 0 spiro atoms. The summed E-state index contributed by atoms with van der Waals surface area (Å²) in [5.41, 5.74) is -0.0281. The quantitative estimate of drug-likeness (QED) is 0.0252. The Labute approximate surface area is 578 Å². The zero-order valence-electron chi connectivity index (χ0n) is 58.3. The van der Waals surface area contributed by atoms with Crippen LogP contribution in [0.4, 0.5) is 0 Å². The number of methoxy groups -OCH3 is 1. The van der Waals surface area contributed by atoms with Gasteiger partial charge in [0.05, 0.1) is 184 Å². The lowest BCUT2D eigenvalue weighted by atomic mass is 9.92. The van der Waals surface area contributed by atoms with Crippen LogP contribution >= 0.6 is 0 Å². The number of amides is 7. The van der Waals surface area contributed by atoms with E-state index < -0.39 is 166 Å². The lowest BCUT2D eigenvalue weighted by molar-refractivity contribution is -0.133. The van der Waals surface area contributed by atoms with E-state index in [0.717, 1.165) is 0 Å². The summed E-state index contributed by atoms with van der Waals surface area (Å²) in [5, 5.41) is 114. The molecule has 0 saturated carbocycles. The molecule has 0 fully saturated rings. The van der Waals surface area contributed by atoms with Crippen LogP contribution in [0.1, 0.15) is 79.9 Å². The molecule has 0 heterocycles. The minimum absolute atomic E-state index is 0.0281. The summed E-state index contributed by atoms with van der Waals surface area (Å²) >= 11 is 0. The van der Waals surface area contributed by atoms with Gasteiger partial charge in [-0.05, 0) is 18.3 Å². The highest BCUT2D eigenvalue weighted by molar-refractivity contribution is 5.93. The number of Topliss-reactive ketones (excluding diaryl/α,β-unsaturated/α-hetero) is 3. The van der Waals surface area contributed by atoms with Crippen LogP contribution in [0.25, 0.3) is 0 Å². The topological polar surface area (TPSA) is 550 Å². The first kappa shape index (κ1) is 91.5. The van der Waals surface area contributed by atoms with Crippen molar-refractivity contribution in [3.05, 3.63) is 0 Å². The zero-order valence-corrected chi connectivity index (χ0v) is 57.3. The lowest BCUT2D eigenvalue weighted by Crippen LogP contribution is -2.50. The predicted molar refractivity (Wildman–Crippen MR) is 346 cm³/mol. The number of hydrogen-bond donors (Lipinski definition) is 17. The molecule has 37 nitrogen and oxygen atoms in total. The molecule has 0 aliphatic carbocycles. The van der Waals surface area contributed by atoms with Gasteiger partial charge in [-0.1, -0.05) is 20.8 Å². The average molecular weight is 1440 g/mol. The van der Waals surface area contributed by atoms with Crippen LogP contribution in [-0.2, 0) is 95.3 Å². The average Bonchev–Trinajstić information content (AvgIpc) is 0.913. The SMILES string of the molecule is [2H]COCC(CC(=O)CNC(=O)CNC(=O)CNC(=O)CNC(=O)CCNC(=O)CCOCC(C)(C)C)C(=O)NCCOCCOCCOCCOCCOCCOCCOCCOCCC(=O)CC(CCC(=O)CC[C@H](O)[C@@H](O)[C@H](O)[C@H](O)CO)C(=O)NC[C@H](O)[C@@H](O)[C@H](O)[C@H](O)CO. The summed E-state index contributed by atoms with van der Waals surface area (Å²) < 4.78 is 61.6. The van der Waals surface area contributed by atoms with Crippen molar-refractivity contribution in [2.24, 2.45) is 17.3 Å². The molecule has 0 radical (unpaired) electrons. The van der Waals surface area contributed by atoms with Gasteiger partial charge in [-0.15, -0.1) is 0 Å². The smallest absolute Gasteiger partial charge is 0.239 e. The Bertz CT molecular complexity index is 2260. The third-order valence-electron chi connectivity index (χ3n) is 13.8. The number of hydrogen-bond acceptors (Lipinski definition) is 30. The van der Waals surface area contributed by atoms with Crippen molar-refractivity contribution in [2.75, 3.05) is 192 Å².